The summed E-state index contributed by atoms with van der Waals surface area (Å²) >= 11 is 1.52. The maximum Gasteiger partial charge on any atom is 0.225 e. The number of likely N-dealkylation sites (N-methyl/N-ethyl adjacent to an activating group) is 1. The molecule has 2 aromatic rings. The van der Waals surface area contributed by atoms with Gasteiger partial charge in [0.15, 0.2) is 5.13 Å². The smallest absolute Gasteiger partial charge is 0.225 e. The topological polar surface area (TPSA) is 45.7 Å². The lowest BCUT2D eigenvalue weighted by molar-refractivity contribution is -0.116. The van der Waals surface area contributed by atoms with E-state index >= 15 is 0 Å². The van der Waals surface area contributed by atoms with Crippen molar-refractivity contribution in [2.45, 2.75) is 6.92 Å². The number of hydrogen-bond donors (Lipinski definition) is 0. The van der Waals surface area contributed by atoms with Gasteiger partial charge in [-0.15, -0.1) is 0 Å². The summed E-state index contributed by atoms with van der Waals surface area (Å²) in [6.07, 6.45) is 0. The van der Waals surface area contributed by atoms with E-state index in [-0.39, 0.29) is 5.91 Å². The van der Waals surface area contributed by atoms with Gasteiger partial charge in [0, 0.05) is 26.1 Å². The van der Waals surface area contributed by atoms with Crippen LogP contribution in [0, 0.1) is 0 Å². The predicted octanol–water partition coefficient (Wildman–Crippen LogP) is 2.22. The fourth-order valence-corrected chi connectivity index (χ4v) is 2.84. The molecular formula is C14H19N3O2S. The van der Waals surface area contributed by atoms with E-state index < -0.39 is 0 Å². The molecule has 0 fully saturated rings. The van der Waals surface area contributed by atoms with Gasteiger partial charge in [-0.2, -0.15) is 0 Å². The number of nitrogens with zero attached hydrogens (tertiary/aromatic N) is 3. The highest BCUT2D eigenvalue weighted by atomic mass is 32.1. The molecule has 0 aliphatic heterocycles. The Morgan fingerprint density at radius 1 is 1.35 bits per heavy atom. The first-order valence-corrected chi connectivity index (χ1v) is 7.20. The van der Waals surface area contributed by atoms with Gasteiger partial charge in [0.2, 0.25) is 5.91 Å². The fraction of sp³-hybridized carbons (Fsp3) is 0.429. The Labute approximate surface area is 122 Å². The van der Waals surface area contributed by atoms with Crippen LogP contribution in [0.3, 0.4) is 0 Å². The van der Waals surface area contributed by atoms with Crippen molar-refractivity contribution < 1.29 is 9.53 Å². The summed E-state index contributed by atoms with van der Waals surface area (Å²) in [4.78, 5) is 20.1. The van der Waals surface area contributed by atoms with Gasteiger partial charge in [0.05, 0.1) is 17.3 Å². The molecule has 1 heterocycles. The molecule has 0 saturated carbocycles. The van der Waals surface area contributed by atoms with Crippen molar-refractivity contribution in [2.75, 3.05) is 39.2 Å². The van der Waals surface area contributed by atoms with E-state index in [2.05, 4.69) is 4.98 Å². The van der Waals surface area contributed by atoms with Crippen LogP contribution in [0.5, 0.6) is 5.75 Å². The molecule has 20 heavy (non-hydrogen) atoms. The number of carbonyl (C=O) groups excluding carboxylic acids is 1. The van der Waals surface area contributed by atoms with Gasteiger partial charge < -0.3 is 9.64 Å². The first-order valence-electron chi connectivity index (χ1n) is 6.38. The molecule has 0 atom stereocenters. The molecule has 1 aromatic heterocycles. The zero-order chi connectivity index (χ0) is 14.7. The number of methoxy groups -OCH3 is 1. The van der Waals surface area contributed by atoms with Gasteiger partial charge >= 0.3 is 0 Å². The number of fused-ring (bicyclic) bond motifs is 1. The average molecular weight is 293 g/mol. The SMILES string of the molecule is COc1ccc2sc(N(CCN(C)C)C(C)=O)nc2c1. The molecule has 0 N–H and O–H groups in total. The monoisotopic (exact) mass is 293 g/mol. The summed E-state index contributed by atoms with van der Waals surface area (Å²) in [6.45, 7) is 3.01. The average Bonchev–Trinajstić information content (AvgIpc) is 2.80. The third kappa shape index (κ3) is 3.26. The summed E-state index contributed by atoms with van der Waals surface area (Å²) < 4.78 is 6.25. The van der Waals surface area contributed by atoms with Crippen LogP contribution in [-0.2, 0) is 4.79 Å². The lowest BCUT2D eigenvalue weighted by atomic mass is 10.3. The first-order chi connectivity index (χ1) is 9.51. The van der Waals surface area contributed by atoms with E-state index in [1.807, 2.05) is 37.2 Å². The van der Waals surface area contributed by atoms with Crippen molar-refractivity contribution in [3.05, 3.63) is 18.2 Å². The highest BCUT2D eigenvalue weighted by Gasteiger charge is 2.16. The van der Waals surface area contributed by atoms with Crippen molar-refractivity contribution in [1.82, 2.24) is 9.88 Å². The van der Waals surface area contributed by atoms with Crippen molar-refractivity contribution in [2.24, 2.45) is 0 Å². The zero-order valence-corrected chi connectivity index (χ0v) is 13.0. The highest BCUT2D eigenvalue weighted by molar-refractivity contribution is 7.22. The number of carbonyl (C=O) groups is 1. The number of hydrogen-bond acceptors (Lipinski definition) is 5. The molecule has 0 unspecified atom stereocenters. The normalized spacial score (nSPS) is 11.1. The summed E-state index contributed by atoms with van der Waals surface area (Å²) in [5.74, 6) is 0.787. The largest absolute Gasteiger partial charge is 0.497 e. The molecule has 5 nitrogen and oxygen atoms in total. The van der Waals surface area contributed by atoms with Crippen LogP contribution >= 0.6 is 11.3 Å². The van der Waals surface area contributed by atoms with Gasteiger partial charge in [-0.25, -0.2) is 4.98 Å². The number of aromatic nitrogens is 1. The fourth-order valence-electron chi connectivity index (χ4n) is 1.83. The number of ether oxygens (including phenoxy) is 1. The van der Waals surface area contributed by atoms with Gasteiger partial charge in [0.1, 0.15) is 5.75 Å². The van der Waals surface area contributed by atoms with Crippen molar-refractivity contribution in [1.29, 1.82) is 0 Å². The molecule has 0 spiro atoms. The number of anilines is 1. The van der Waals surface area contributed by atoms with Crippen LogP contribution in [0.2, 0.25) is 0 Å². The van der Waals surface area contributed by atoms with E-state index in [0.29, 0.717) is 6.54 Å². The van der Waals surface area contributed by atoms with Gasteiger partial charge in [-0.1, -0.05) is 11.3 Å². The summed E-state index contributed by atoms with van der Waals surface area (Å²) in [7, 11) is 5.61. The Morgan fingerprint density at radius 3 is 2.70 bits per heavy atom. The second-order valence-corrected chi connectivity index (χ2v) is 5.81. The summed E-state index contributed by atoms with van der Waals surface area (Å²) in [6, 6.07) is 5.77. The Morgan fingerprint density at radius 2 is 2.10 bits per heavy atom. The molecule has 108 valence electrons. The molecule has 2 rings (SSSR count). The van der Waals surface area contributed by atoms with E-state index in [1.165, 1.54) is 11.3 Å². The van der Waals surface area contributed by atoms with Gasteiger partial charge in [0.25, 0.3) is 0 Å². The number of amides is 1. The van der Waals surface area contributed by atoms with Crippen LogP contribution in [0.1, 0.15) is 6.92 Å². The van der Waals surface area contributed by atoms with Crippen molar-refractivity contribution in [3.63, 3.8) is 0 Å². The molecule has 0 aliphatic carbocycles. The highest BCUT2D eigenvalue weighted by Crippen LogP contribution is 2.31. The van der Waals surface area contributed by atoms with Crippen molar-refractivity contribution in [3.8, 4) is 5.75 Å². The number of benzene rings is 1. The lowest BCUT2D eigenvalue weighted by Crippen LogP contribution is -2.35. The molecule has 6 heteroatoms. The Kier molecular flexibility index (Phi) is 4.57. The summed E-state index contributed by atoms with van der Waals surface area (Å²) in [5.41, 5.74) is 0.862. The van der Waals surface area contributed by atoms with Gasteiger partial charge in [-0.05, 0) is 26.2 Å². The predicted molar refractivity (Wildman–Crippen MR) is 82.8 cm³/mol. The third-order valence-corrected chi connectivity index (χ3v) is 4.02. The molecule has 0 bridgehead atoms. The Bertz CT molecular complexity index is 609. The zero-order valence-electron chi connectivity index (χ0n) is 12.2. The summed E-state index contributed by atoms with van der Waals surface area (Å²) in [5, 5.41) is 0.739. The lowest BCUT2D eigenvalue weighted by Gasteiger charge is -2.20. The molecule has 0 radical (unpaired) electrons. The molecule has 0 aliphatic rings. The van der Waals surface area contributed by atoms with Crippen LogP contribution in [0.4, 0.5) is 5.13 Å². The number of rotatable bonds is 5. The van der Waals surface area contributed by atoms with Crippen LogP contribution in [0.25, 0.3) is 10.2 Å². The van der Waals surface area contributed by atoms with Crippen LogP contribution in [0.15, 0.2) is 18.2 Å². The quantitative estimate of drug-likeness (QED) is 0.848. The molecule has 0 saturated heterocycles. The minimum atomic E-state index is 0.0119. The number of thiazole rings is 1. The first kappa shape index (κ1) is 14.7. The second kappa shape index (κ2) is 6.19. The molecule has 1 aromatic carbocycles. The Balaban J connectivity index is 2.31. The molecule has 1 amide bonds. The maximum absolute atomic E-state index is 11.8. The van der Waals surface area contributed by atoms with Crippen molar-refractivity contribution >= 4 is 32.6 Å². The minimum absolute atomic E-state index is 0.0119. The second-order valence-electron chi connectivity index (χ2n) is 4.80. The van der Waals surface area contributed by atoms with E-state index in [1.54, 1.807) is 18.9 Å². The Hall–Kier alpha value is -1.66. The minimum Gasteiger partial charge on any atom is -0.497 e. The maximum atomic E-state index is 11.8. The van der Waals surface area contributed by atoms with E-state index in [4.69, 9.17) is 4.74 Å². The van der Waals surface area contributed by atoms with E-state index in [9.17, 15) is 4.79 Å². The standard InChI is InChI=1S/C14H19N3O2S/c1-10(18)17(8-7-16(2)3)14-15-12-9-11(19-4)5-6-13(12)20-14/h5-6,9H,7-8H2,1-4H3. The van der Waals surface area contributed by atoms with E-state index in [0.717, 1.165) is 27.6 Å². The van der Waals surface area contributed by atoms with Crippen LogP contribution in [-0.4, -0.2) is 50.1 Å². The van der Waals surface area contributed by atoms with Gasteiger partial charge in [-0.3, -0.25) is 9.69 Å². The van der Waals surface area contributed by atoms with Crippen LogP contribution < -0.4 is 9.64 Å². The molecular weight excluding hydrogens is 274 g/mol. The third-order valence-electron chi connectivity index (χ3n) is 2.97.